The highest BCUT2D eigenvalue weighted by molar-refractivity contribution is 6.03. The number of hydrogen-bond acceptors (Lipinski definition) is 3. The van der Waals surface area contributed by atoms with Crippen LogP contribution in [0.5, 0.6) is 5.75 Å². The quantitative estimate of drug-likeness (QED) is 0.569. The van der Waals surface area contributed by atoms with Gasteiger partial charge in [-0.3, -0.25) is 5.01 Å². The molecule has 1 aliphatic carbocycles. The number of hydrogen-bond donors (Lipinski definition) is 0. The van der Waals surface area contributed by atoms with Crippen LogP contribution in [0.1, 0.15) is 29.5 Å². The fourth-order valence-corrected chi connectivity index (χ4v) is 3.56. The zero-order chi connectivity index (χ0) is 18.5. The van der Waals surface area contributed by atoms with Gasteiger partial charge >= 0.3 is 0 Å². The van der Waals surface area contributed by atoms with Gasteiger partial charge in [0.25, 0.3) is 0 Å². The summed E-state index contributed by atoms with van der Waals surface area (Å²) in [7, 11) is 1.72. The molecule has 3 aromatic carbocycles. The lowest BCUT2D eigenvalue weighted by atomic mass is 9.90. The van der Waals surface area contributed by atoms with Crippen LogP contribution in [0.3, 0.4) is 0 Å². The fourth-order valence-electron chi connectivity index (χ4n) is 3.56. The number of fused-ring (bicyclic) bond motifs is 1. The standard InChI is InChI=1S/C24H24N2O/c1-27-22-15-16-23-20(17-22)11-8-14-24(23)25-26(21-12-6-3-7-13-21)18-19-9-4-2-5-10-19/h2-7,9-10,12-13,15-17H,8,11,14,18H2,1H3. The van der Waals surface area contributed by atoms with Crippen molar-refractivity contribution in [1.29, 1.82) is 0 Å². The number of nitrogens with zero attached hydrogens (tertiary/aromatic N) is 2. The summed E-state index contributed by atoms with van der Waals surface area (Å²) in [5.41, 5.74) is 6.08. The zero-order valence-corrected chi connectivity index (χ0v) is 15.6. The van der Waals surface area contributed by atoms with Crippen LogP contribution in [-0.2, 0) is 13.0 Å². The number of methoxy groups -OCH3 is 1. The summed E-state index contributed by atoms with van der Waals surface area (Å²) < 4.78 is 5.39. The van der Waals surface area contributed by atoms with E-state index in [0.29, 0.717) is 0 Å². The average Bonchev–Trinajstić information content (AvgIpc) is 2.74. The lowest BCUT2D eigenvalue weighted by Crippen LogP contribution is -2.21. The molecule has 0 heterocycles. The van der Waals surface area contributed by atoms with Crippen LogP contribution >= 0.6 is 0 Å². The highest BCUT2D eigenvalue weighted by Crippen LogP contribution is 2.27. The summed E-state index contributed by atoms with van der Waals surface area (Å²) in [5.74, 6) is 0.916. The van der Waals surface area contributed by atoms with Gasteiger partial charge in [0.1, 0.15) is 5.75 Å². The second-order valence-corrected chi connectivity index (χ2v) is 6.80. The molecule has 0 aromatic heterocycles. The molecule has 0 bridgehead atoms. The molecule has 0 aliphatic heterocycles. The van der Waals surface area contributed by atoms with Gasteiger partial charge in [-0.15, -0.1) is 0 Å². The largest absolute Gasteiger partial charge is 0.497 e. The van der Waals surface area contributed by atoms with E-state index in [1.54, 1.807) is 7.11 Å². The number of hydrazone groups is 1. The molecule has 136 valence electrons. The summed E-state index contributed by atoms with van der Waals surface area (Å²) in [4.78, 5) is 0. The van der Waals surface area contributed by atoms with Crippen LogP contribution in [0.15, 0.2) is 84.0 Å². The van der Waals surface area contributed by atoms with Gasteiger partial charge in [0, 0.05) is 5.56 Å². The lowest BCUT2D eigenvalue weighted by Gasteiger charge is -2.24. The van der Waals surface area contributed by atoms with Gasteiger partial charge in [0.15, 0.2) is 0 Å². The Kier molecular flexibility index (Phi) is 5.20. The summed E-state index contributed by atoms with van der Waals surface area (Å²) >= 11 is 0. The Morgan fingerprint density at radius 3 is 2.37 bits per heavy atom. The SMILES string of the molecule is COc1ccc2c(c1)CCCC2=NN(Cc1ccccc1)c1ccccc1. The van der Waals surface area contributed by atoms with E-state index in [1.807, 2.05) is 18.2 Å². The molecule has 4 rings (SSSR count). The Bertz CT molecular complexity index is 920. The molecule has 0 spiro atoms. The minimum atomic E-state index is 0.750. The van der Waals surface area contributed by atoms with Crippen LogP contribution in [-0.4, -0.2) is 12.8 Å². The molecule has 0 saturated heterocycles. The van der Waals surface area contributed by atoms with Gasteiger partial charge in [-0.1, -0.05) is 48.5 Å². The molecule has 27 heavy (non-hydrogen) atoms. The predicted octanol–water partition coefficient (Wildman–Crippen LogP) is 5.44. The number of para-hydroxylation sites is 1. The first-order valence-corrected chi connectivity index (χ1v) is 9.45. The Morgan fingerprint density at radius 2 is 1.63 bits per heavy atom. The van der Waals surface area contributed by atoms with Crippen LogP contribution in [0.2, 0.25) is 0 Å². The first-order valence-electron chi connectivity index (χ1n) is 9.45. The molecule has 3 aromatic rings. The maximum Gasteiger partial charge on any atom is 0.119 e. The highest BCUT2D eigenvalue weighted by Gasteiger charge is 2.18. The molecule has 0 fully saturated rings. The third kappa shape index (κ3) is 4.03. The normalized spacial score (nSPS) is 14.6. The Hall–Kier alpha value is -3.07. The molecular weight excluding hydrogens is 332 g/mol. The van der Waals surface area contributed by atoms with E-state index in [0.717, 1.165) is 43.0 Å². The van der Waals surface area contributed by atoms with Crippen LogP contribution in [0.4, 0.5) is 5.69 Å². The molecule has 0 saturated carbocycles. The summed E-state index contributed by atoms with van der Waals surface area (Å²) in [6.07, 6.45) is 3.19. The molecule has 1 aliphatic rings. The van der Waals surface area contributed by atoms with Crippen molar-refractivity contribution in [1.82, 2.24) is 0 Å². The molecule has 0 unspecified atom stereocenters. The smallest absolute Gasteiger partial charge is 0.119 e. The lowest BCUT2D eigenvalue weighted by molar-refractivity contribution is 0.414. The minimum absolute atomic E-state index is 0.750. The number of aryl methyl sites for hydroxylation is 1. The maximum absolute atomic E-state index is 5.39. The van der Waals surface area contributed by atoms with Gasteiger partial charge in [-0.2, -0.15) is 5.10 Å². The Balaban J connectivity index is 1.71. The van der Waals surface area contributed by atoms with Crippen molar-refractivity contribution in [3.63, 3.8) is 0 Å². The minimum Gasteiger partial charge on any atom is -0.497 e. The molecule has 0 atom stereocenters. The molecular formula is C24H24N2O. The topological polar surface area (TPSA) is 24.8 Å². The predicted molar refractivity (Wildman–Crippen MR) is 112 cm³/mol. The van der Waals surface area contributed by atoms with Crippen LogP contribution in [0, 0.1) is 0 Å². The number of rotatable bonds is 5. The molecule has 3 heteroatoms. The van der Waals surface area contributed by atoms with E-state index in [9.17, 15) is 0 Å². The van der Waals surface area contributed by atoms with Gasteiger partial charge in [-0.25, -0.2) is 0 Å². The van der Waals surface area contributed by atoms with Crippen molar-refractivity contribution in [2.45, 2.75) is 25.8 Å². The summed E-state index contributed by atoms with van der Waals surface area (Å²) in [6.45, 7) is 0.750. The van der Waals surface area contributed by atoms with E-state index < -0.39 is 0 Å². The third-order valence-electron chi connectivity index (χ3n) is 4.95. The van der Waals surface area contributed by atoms with Crippen molar-refractivity contribution in [2.75, 3.05) is 12.1 Å². The van der Waals surface area contributed by atoms with Crippen molar-refractivity contribution in [2.24, 2.45) is 5.10 Å². The van der Waals surface area contributed by atoms with Crippen molar-refractivity contribution < 1.29 is 4.74 Å². The highest BCUT2D eigenvalue weighted by atomic mass is 16.5. The number of benzene rings is 3. The molecule has 3 nitrogen and oxygen atoms in total. The van der Waals surface area contributed by atoms with E-state index in [-0.39, 0.29) is 0 Å². The van der Waals surface area contributed by atoms with E-state index in [4.69, 9.17) is 9.84 Å². The van der Waals surface area contributed by atoms with Gasteiger partial charge in [0.05, 0.1) is 25.1 Å². The zero-order valence-electron chi connectivity index (χ0n) is 15.6. The Labute approximate surface area is 160 Å². The first kappa shape index (κ1) is 17.3. The van der Waals surface area contributed by atoms with Crippen molar-refractivity contribution >= 4 is 11.4 Å². The third-order valence-corrected chi connectivity index (χ3v) is 4.95. The van der Waals surface area contributed by atoms with E-state index in [1.165, 1.54) is 16.7 Å². The molecule has 0 N–H and O–H groups in total. The van der Waals surface area contributed by atoms with Crippen molar-refractivity contribution in [3.8, 4) is 5.75 Å². The van der Waals surface area contributed by atoms with Crippen LogP contribution < -0.4 is 9.75 Å². The number of anilines is 1. The van der Waals surface area contributed by atoms with Crippen LogP contribution in [0.25, 0.3) is 0 Å². The maximum atomic E-state index is 5.39. The monoisotopic (exact) mass is 356 g/mol. The average molecular weight is 356 g/mol. The van der Waals surface area contributed by atoms with Crippen molar-refractivity contribution in [3.05, 3.63) is 95.6 Å². The second kappa shape index (κ2) is 8.09. The number of ether oxygens (including phenoxy) is 1. The molecule has 0 amide bonds. The van der Waals surface area contributed by atoms with Gasteiger partial charge in [0.2, 0.25) is 0 Å². The Morgan fingerprint density at radius 1 is 0.889 bits per heavy atom. The van der Waals surface area contributed by atoms with E-state index >= 15 is 0 Å². The van der Waals surface area contributed by atoms with Gasteiger partial charge < -0.3 is 4.74 Å². The fraction of sp³-hybridized carbons (Fsp3) is 0.208. The van der Waals surface area contributed by atoms with Gasteiger partial charge in [-0.05, 0) is 60.7 Å². The molecule has 0 radical (unpaired) electrons. The first-order chi connectivity index (χ1) is 13.3. The van der Waals surface area contributed by atoms with E-state index in [2.05, 4.69) is 65.7 Å². The summed E-state index contributed by atoms with van der Waals surface area (Å²) in [5, 5.41) is 7.22. The second-order valence-electron chi connectivity index (χ2n) is 6.80. The summed E-state index contributed by atoms with van der Waals surface area (Å²) in [6, 6.07) is 27.2.